The summed E-state index contributed by atoms with van der Waals surface area (Å²) in [6, 6.07) is 7.93. The highest BCUT2D eigenvalue weighted by Crippen LogP contribution is 2.31. The molecule has 144 valence electrons. The Balaban J connectivity index is 1.60. The van der Waals surface area contributed by atoms with E-state index in [0.717, 1.165) is 22.9 Å². The summed E-state index contributed by atoms with van der Waals surface area (Å²) >= 11 is 3.03. The molecule has 2 aromatic rings. The lowest BCUT2D eigenvalue weighted by Gasteiger charge is -2.17. The van der Waals surface area contributed by atoms with Gasteiger partial charge in [-0.1, -0.05) is 56.0 Å². The van der Waals surface area contributed by atoms with Gasteiger partial charge in [0.05, 0.1) is 5.92 Å². The highest BCUT2D eigenvalue weighted by Gasteiger charge is 2.35. The maximum absolute atomic E-state index is 12.6. The zero-order valence-electron chi connectivity index (χ0n) is 15.8. The van der Waals surface area contributed by atoms with E-state index in [1.165, 1.54) is 16.9 Å². The molecule has 2 unspecified atom stereocenters. The third-order valence-electron chi connectivity index (χ3n) is 4.67. The normalized spacial score (nSPS) is 18.0. The molecule has 6 nitrogen and oxygen atoms in total. The van der Waals surface area contributed by atoms with E-state index in [2.05, 4.69) is 36.3 Å². The summed E-state index contributed by atoms with van der Waals surface area (Å²) in [4.78, 5) is 26.6. The van der Waals surface area contributed by atoms with Crippen molar-refractivity contribution < 1.29 is 9.59 Å². The average Bonchev–Trinajstić information content (AvgIpc) is 3.28. The summed E-state index contributed by atoms with van der Waals surface area (Å²) in [6.45, 7) is 6.75. The molecule has 1 aromatic carbocycles. The van der Waals surface area contributed by atoms with Crippen LogP contribution in [-0.4, -0.2) is 33.8 Å². The average molecular weight is 405 g/mol. The van der Waals surface area contributed by atoms with E-state index in [0.29, 0.717) is 16.9 Å². The molecule has 1 aliphatic rings. The predicted molar refractivity (Wildman–Crippen MR) is 110 cm³/mol. The van der Waals surface area contributed by atoms with Crippen LogP contribution in [0.4, 0.5) is 10.8 Å². The number of aromatic nitrogens is 2. The van der Waals surface area contributed by atoms with Gasteiger partial charge in [0.1, 0.15) is 0 Å². The molecule has 2 atom stereocenters. The number of hydrogen-bond acceptors (Lipinski definition) is 6. The van der Waals surface area contributed by atoms with Crippen LogP contribution in [-0.2, 0) is 16.0 Å². The van der Waals surface area contributed by atoms with Gasteiger partial charge in [0.2, 0.25) is 16.9 Å². The van der Waals surface area contributed by atoms with Crippen molar-refractivity contribution in [2.24, 2.45) is 5.92 Å². The summed E-state index contributed by atoms with van der Waals surface area (Å²) in [5, 5.41) is 11.9. The second-order valence-electron chi connectivity index (χ2n) is 6.62. The Labute approximate surface area is 167 Å². The number of thioether (sulfide) groups is 1. The van der Waals surface area contributed by atoms with Gasteiger partial charge in [0, 0.05) is 23.9 Å². The summed E-state index contributed by atoms with van der Waals surface area (Å²) < 4.78 is 0.847. The molecular formula is C19H24N4O2S2. The van der Waals surface area contributed by atoms with Crippen LogP contribution in [0.2, 0.25) is 0 Å². The minimum absolute atomic E-state index is 0.0234. The lowest BCUT2D eigenvalue weighted by molar-refractivity contribution is -0.122. The van der Waals surface area contributed by atoms with Crippen molar-refractivity contribution in [3.63, 3.8) is 0 Å². The summed E-state index contributed by atoms with van der Waals surface area (Å²) in [5.74, 6) is -0.574. The molecule has 2 heterocycles. The molecular weight excluding hydrogens is 380 g/mol. The number of amides is 2. The maximum atomic E-state index is 12.6. The molecule has 27 heavy (non-hydrogen) atoms. The van der Waals surface area contributed by atoms with Crippen LogP contribution in [0.3, 0.4) is 0 Å². The highest BCUT2D eigenvalue weighted by molar-refractivity contribution is 8.01. The van der Waals surface area contributed by atoms with Crippen molar-refractivity contribution in [3.8, 4) is 0 Å². The first kappa shape index (κ1) is 19.8. The van der Waals surface area contributed by atoms with Gasteiger partial charge in [-0.15, -0.1) is 10.2 Å². The smallest absolute Gasteiger partial charge is 0.231 e. The van der Waals surface area contributed by atoms with Crippen LogP contribution in [0.15, 0.2) is 28.6 Å². The standard InChI is InChI=1S/C19H24N4O2S2/c1-4-12(3)26-19-22-21-18(27-19)20-17(25)14-10-16(24)23(11-14)15-8-6-13(5-2)7-9-15/h6-9,12,14H,4-5,10-11H2,1-3H3,(H,20,21,25). The number of anilines is 2. The second-order valence-corrected chi connectivity index (χ2v) is 9.29. The molecule has 3 rings (SSSR count). The van der Waals surface area contributed by atoms with Crippen LogP contribution < -0.4 is 10.2 Å². The number of carbonyl (C=O) groups is 2. The number of hydrogen-bond donors (Lipinski definition) is 1. The fourth-order valence-electron chi connectivity index (χ4n) is 2.82. The largest absolute Gasteiger partial charge is 0.312 e. The van der Waals surface area contributed by atoms with Gasteiger partial charge in [-0.3, -0.25) is 9.59 Å². The molecule has 0 radical (unpaired) electrons. The van der Waals surface area contributed by atoms with Crippen LogP contribution >= 0.6 is 23.1 Å². The SMILES string of the molecule is CCc1ccc(N2CC(C(=O)Nc3nnc(SC(C)CC)s3)CC2=O)cc1. The zero-order chi connectivity index (χ0) is 19.4. The van der Waals surface area contributed by atoms with E-state index >= 15 is 0 Å². The summed E-state index contributed by atoms with van der Waals surface area (Å²) in [5.41, 5.74) is 2.07. The molecule has 1 saturated heterocycles. The maximum Gasteiger partial charge on any atom is 0.231 e. The Hall–Kier alpha value is -1.93. The van der Waals surface area contributed by atoms with Crippen LogP contribution in [0.25, 0.3) is 0 Å². The molecule has 1 aliphatic heterocycles. The fraction of sp³-hybridized carbons (Fsp3) is 0.474. The Morgan fingerprint density at radius 2 is 2.07 bits per heavy atom. The summed E-state index contributed by atoms with van der Waals surface area (Å²) in [6.07, 6.45) is 2.22. The Morgan fingerprint density at radius 1 is 1.33 bits per heavy atom. The molecule has 2 amide bonds. The molecule has 0 spiro atoms. The molecule has 1 N–H and O–H groups in total. The van der Waals surface area contributed by atoms with Gasteiger partial charge >= 0.3 is 0 Å². The Kier molecular flexibility index (Phi) is 6.49. The van der Waals surface area contributed by atoms with Crippen molar-refractivity contribution >= 4 is 45.7 Å². The van der Waals surface area contributed by atoms with E-state index in [-0.39, 0.29) is 24.2 Å². The third-order valence-corrected chi connectivity index (χ3v) is 6.86. The van der Waals surface area contributed by atoms with E-state index in [1.807, 2.05) is 24.3 Å². The first-order chi connectivity index (χ1) is 13.0. The highest BCUT2D eigenvalue weighted by atomic mass is 32.2. The van der Waals surface area contributed by atoms with Crippen LogP contribution in [0, 0.1) is 5.92 Å². The quantitative estimate of drug-likeness (QED) is 0.558. The minimum Gasteiger partial charge on any atom is -0.312 e. The van der Waals surface area contributed by atoms with Gasteiger partial charge in [0.25, 0.3) is 0 Å². The number of nitrogens with zero attached hydrogens (tertiary/aromatic N) is 3. The minimum atomic E-state index is -0.377. The number of nitrogens with one attached hydrogen (secondary N) is 1. The first-order valence-electron chi connectivity index (χ1n) is 9.20. The van der Waals surface area contributed by atoms with E-state index in [1.54, 1.807) is 16.7 Å². The second kappa shape index (κ2) is 8.84. The van der Waals surface area contributed by atoms with Gasteiger partial charge in [-0.2, -0.15) is 0 Å². The first-order valence-corrected chi connectivity index (χ1v) is 10.9. The van der Waals surface area contributed by atoms with Crippen molar-refractivity contribution in [2.45, 2.75) is 49.6 Å². The molecule has 8 heteroatoms. The predicted octanol–water partition coefficient (Wildman–Crippen LogP) is 3.98. The monoisotopic (exact) mass is 404 g/mol. The van der Waals surface area contributed by atoms with Crippen molar-refractivity contribution in [1.29, 1.82) is 0 Å². The van der Waals surface area contributed by atoms with Crippen LogP contribution in [0.5, 0.6) is 0 Å². The number of benzene rings is 1. The van der Waals surface area contributed by atoms with E-state index in [9.17, 15) is 9.59 Å². The van der Waals surface area contributed by atoms with Crippen molar-refractivity contribution in [1.82, 2.24) is 10.2 Å². The number of rotatable bonds is 7. The topological polar surface area (TPSA) is 75.2 Å². The van der Waals surface area contributed by atoms with Gasteiger partial charge in [-0.05, 0) is 30.5 Å². The summed E-state index contributed by atoms with van der Waals surface area (Å²) in [7, 11) is 0. The molecule has 0 bridgehead atoms. The van der Waals surface area contributed by atoms with Crippen LogP contribution in [0.1, 0.15) is 39.2 Å². The van der Waals surface area contributed by atoms with Crippen molar-refractivity contribution in [2.75, 3.05) is 16.8 Å². The van der Waals surface area contributed by atoms with Gasteiger partial charge < -0.3 is 10.2 Å². The van der Waals surface area contributed by atoms with Gasteiger partial charge in [0.15, 0.2) is 4.34 Å². The third kappa shape index (κ3) is 4.87. The van der Waals surface area contributed by atoms with E-state index < -0.39 is 0 Å². The molecule has 1 aromatic heterocycles. The van der Waals surface area contributed by atoms with E-state index in [4.69, 9.17) is 0 Å². The molecule has 1 fully saturated rings. The number of aryl methyl sites for hydroxylation is 1. The van der Waals surface area contributed by atoms with Gasteiger partial charge in [-0.25, -0.2) is 0 Å². The lowest BCUT2D eigenvalue weighted by Crippen LogP contribution is -2.28. The number of carbonyl (C=O) groups excluding carboxylic acids is 2. The molecule has 0 aliphatic carbocycles. The fourth-order valence-corrected chi connectivity index (χ4v) is 4.82. The zero-order valence-corrected chi connectivity index (χ0v) is 17.4. The Morgan fingerprint density at radius 3 is 2.74 bits per heavy atom. The Bertz CT molecular complexity index is 806. The lowest BCUT2D eigenvalue weighted by atomic mass is 10.1. The molecule has 0 saturated carbocycles. The van der Waals surface area contributed by atoms with Crippen molar-refractivity contribution in [3.05, 3.63) is 29.8 Å².